The van der Waals surface area contributed by atoms with Gasteiger partial charge in [-0.15, -0.1) is 24.0 Å². The van der Waals surface area contributed by atoms with Crippen molar-refractivity contribution >= 4 is 35.8 Å². The first-order valence-corrected chi connectivity index (χ1v) is 9.19. The van der Waals surface area contributed by atoms with E-state index in [1.807, 2.05) is 18.2 Å². The molecule has 2 saturated carbocycles. The van der Waals surface area contributed by atoms with Crippen molar-refractivity contribution in [2.45, 2.75) is 32.2 Å². The smallest absolute Gasteiger partial charge is 0.223 e. The molecule has 0 spiro atoms. The van der Waals surface area contributed by atoms with Crippen molar-refractivity contribution in [3.05, 3.63) is 29.8 Å². The molecule has 1 aromatic carbocycles. The molecule has 1 aromatic rings. The molecule has 2 fully saturated rings. The van der Waals surface area contributed by atoms with Crippen LogP contribution in [0.2, 0.25) is 0 Å². The van der Waals surface area contributed by atoms with Gasteiger partial charge in [0.2, 0.25) is 5.91 Å². The first-order valence-electron chi connectivity index (χ1n) is 9.19. The van der Waals surface area contributed by atoms with Crippen molar-refractivity contribution in [3.63, 3.8) is 0 Å². The molecule has 7 heteroatoms. The highest BCUT2D eigenvalue weighted by atomic mass is 127. The van der Waals surface area contributed by atoms with Crippen LogP contribution in [0.1, 0.15) is 31.2 Å². The van der Waals surface area contributed by atoms with Crippen molar-refractivity contribution in [1.29, 1.82) is 0 Å². The molecule has 0 saturated heterocycles. The van der Waals surface area contributed by atoms with Crippen molar-refractivity contribution in [2.24, 2.45) is 16.8 Å². The number of guanidine groups is 1. The standard InChI is InChI=1S/C19H28N4O2.HI/c1-20-19(22-11-10-21-18(24)15-8-9-15)23-12-16-4-2-3-5-17(16)25-13-14-6-7-14;/h2-5,14-15H,6-13H2,1H3,(H,21,24)(H2,20,22,23);1H. The van der Waals surface area contributed by atoms with Crippen molar-refractivity contribution in [2.75, 3.05) is 26.7 Å². The summed E-state index contributed by atoms with van der Waals surface area (Å²) in [5.41, 5.74) is 1.12. The van der Waals surface area contributed by atoms with Crippen LogP contribution >= 0.6 is 24.0 Å². The maximum atomic E-state index is 11.6. The number of hydrogen-bond donors (Lipinski definition) is 3. The van der Waals surface area contributed by atoms with E-state index in [0.29, 0.717) is 19.6 Å². The molecule has 26 heavy (non-hydrogen) atoms. The number of nitrogens with zero attached hydrogens (tertiary/aromatic N) is 1. The van der Waals surface area contributed by atoms with E-state index in [0.717, 1.165) is 42.6 Å². The SMILES string of the molecule is CN=C(NCCNC(=O)C1CC1)NCc1ccccc1OCC1CC1.I. The van der Waals surface area contributed by atoms with Crippen LogP contribution in [0.15, 0.2) is 29.3 Å². The van der Waals surface area contributed by atoms with E-state index in [9.17, 15) is 4.79 Å². The molecule has 0 bridgehead atoms. The van der Waals surface area contributed by atoms with E-state index in [1.54, 1.807) is 7.05 Å². The van der Waals surface area contributed by atoms with Crippen LogP contribution in [0.3, 0.4) is 0 Å². The number of nitrogens with one attached hydrogen (secondary N) is 3. The molecule has 1 amide bonds. The molecule has 0 heterocycles. The molecule has 3 rings (SSSR count). The van der Waals surface area contributed by atoms with Crippen molar-refractivity contribution < 1.29 is 9.53 Å². The van der Waals surface area contributed by atoms with Gasteiger partial charge in [-0.25, -0.2) is 0 Å². The Hall–Kier alpha value is -1.51. The zero-order valence-electron chi connectivity index (χ0n) is 15.3. The molecule has 3 N–H and O–H groups in total. The summed E-state index contributed by atoms with van der Waals surface area (Å²) in [5.74, 6) is 2.82. The van der Waals surface area contributed by atoms with E-state index in [1.165, 1.54) is 12.8 Å². The quantitative estimate of drug-likeness (QED) is 0.223. The number of aliphatic imine (C=N–C) groups is 1. The van der Waals surface area contributed by atoms with E-state index < -0.39 is 0 Å². The highest BCUT2D eigenvalue weighted by Gasteiger charge is 2.29. The Morgan fingerprint density at radius 3 is 2.54 bits per heavy atom. The number of hydrogen-bond acceptors (Lipinski definition) is 3. The summed E-state index contributed by atoms with van der Waals surface area (Å²) in [7, 11) is 1.74. The van der Waals surface area contributed by atoms with Gasteiger partial charge in [0.05, 0.1) is 6.61 Å². The van der Waals surface area contributed by atoms with Gasteiger partial charge in [-0.2, -0.15) is 0 Å². The molecule has 2 aliphatic carbocycles. The minimum absolute atomic E-state index is 0. The third-order valence-corrected chi connectivity index (χ3v) is 4.48. The number of halogens is 1. The van der Waals surface area contributed by atoms with Crippen LogP contribution in [0.25, 0.3) is 0 Å². The largest absolute Gasteiger partial charge is 0.493 e. The molecular formula is C19H29IN4O2. The second-order valence-electron chi connectivity index (χ2n) is 6.78. The van der Waals surface area contributed by atoms with Crippen LogP contribution in [-0.2, 0) is 11.3 Å². The Labute approximate surface area is 172 Å². The Balaban J connectivity index is 0.00000243. The molecule has 6 nitrogen and oxygen atoms in total. The van der Waals surface area contributed by atoms with Gasteiger partial charge < -0.3 is 20.7 Å². The fourth-order valence-corrected chi connectivity index (χ4v) is 2.54. The highest BCUT2D eigenvalue weighted by Crippen LogP contribution is 2.30. The average Bonchev–Trinajstić information content (AvgIpc) is 3.53. The fourth-order valence-electron chi connectivity index (χ4n) is 2.54. The maximum Gasteiger partial charge on any atom is 0.223 e. The van der Waals surface area contributed by atoms with Gasteiger partial charge in [0, 0.05) is 38.2 Å². The normalized spacial score (nSPS) is 16.4. The number of carbonyl (C=O) groups is 1. The molecule has 0 atom stereocenters. The lowest BCUT2D eigenvalue weighted by molar-refractivity contribution is -0.122. The summed E-state index contributed by atoms with van der Waals surface area (Å²) in [4.78, 5) is 15.8. The van der Waals surface area contributed by atoms with Crippen LogP contribution in [0, 0.1) is 11.8 Å². The predicted octanol–water partition coefficient (Wildman–Crippen LogP) is 2.28. The predicted molar refractivity (Wildman–Crippen MR) is 114 cm³/mol. The van der Waals surface area contributed by atoms with Gasteiger partial charge in [0.1, 0.15) is 5.75 Å². The van der Waals surface area contributed by atoms with Crippen LogP contribution in [0.5, 0.6) is 5.75 Å². The maximum absolute atomic E-state index is 11.6. The zero-order chi connectivity index (χ0) is 17.5. The summed E-state index contributed by atoms with van der Waals surface area (Å²) in [6, 6.07) is 8.10. The number of carbonyl (C=O) groups excluding carboxylic acids is 1. The topological polar surface area (TPSA) is 74.8 Å². The number of para-hydroxylation sites is 1. The van der Waals surface area contributed by atoms with E-state index >= 15 is 0 Å². The van der Waals surface area contributed by atoms with Crippen molar-refractivity contribution in [3.8, 4) is 5.75 Å². The second-order valence-corrected chi connectivity index (χ2v) is 6.78. The molecule has 2 aliphatic rings. The summed E-state index contributed by atoms with van der Waals surface area (Å²) >= 11 is 0. The summed E-state index contributed by atoms with van der Waals surface area (Å²) in [6.07, 6.45) is 4.64. The molecule has 0 aromatic heterocycles. The summed E-state index contributed by atoms with van der Waals surface area (Å²) in [6.45, 7) is 2.72. The first kappa shape index (κ1) is 20.8. The van der Waals surface area contributed by atoms with Gasteiger partial charge in [-0.3, -0.25) is 9.79 Å². The molecule has 0 unspecified atom stereocenters. The van der Waals surface area contributed by atoms with E-state index in [4.69, 9.17) is 4.74 Å². The van der Waals surface area contributed by atoms with Gasteiger partial charge >= 0.3 is 0 Å². The number of rotatable bonds is 9. The lowest BCUT2D eigenvalue weighted by Gasteiger charge is -2.15. The molecule has 0 aliphatic heterocycles. The Morgan fingerprint density at radius 2 is 1.85 bits per heavy atom. The molecular weight excluding hydrogens is 443 g/mol. The third kappa shape index (κ3) is 7.01. The highest BCUT2D eigenvalue weighted by molar-refractivity contribution is 14.0. The van der Waals surface area contributed by atoms with Crippen LogP contribution < -0.4 is 20.7 Å². The first-order chi connectivity index (χ1) is 12.3. The van der Waals surface area contributed by atoms with Gasteiger partial charge in [0.15, 0.2) is 5.96 Å². The number of ether oxygens (including phenoxy) is 1. The second kappa shape index (κ2) is 10.6. The number of amides is 1. The Bertz CT molecular complexity index is 615. The number of benzene rings is 1. The molecule has 0 radical (unpaired) electrons. The minimum atomic E-state index is 0. The summed E-state index contributed by atoms with van der Waals surface area (Å²) < 4.78 is 5.93. The van der Waals surface area contributed by atoms with Crippen LogP contribution in [-0.4, -0.2) is 38.6 Å². The Kier molecular flexibility index (Phi) is 8.47. The fraction of sp³-hybridized carbons (Fsp3) is 0.579. The van der Waals surface area contributed by atoms with Gasteiger partial charge in [0.25, 0.3) is 0 Å². The van der Waals surface area contributed by atoms with Gasteiger partial charge in [-0.05, 0) is 37.7 Å². The lowest BCUT2D eigenvalue weighted by Crippen LogP contribution is -2.41. The van der Waals surface area contributed by atoms with Gasteiger partial charge in [-0.1, -0.05) is 18.2 Å². The monoisotopic (exact) mass is 472 g/mol. The summed E-state index contributed by atoms with van der Waals surface area (Å²) in [5, 5.41) is 9.45. The average molecular weight is 472 g/mol. The third-order valence-electron chi connectivity index (χ3n) is 4.48. The Morgan fingerprint density at radius 1 is 1.12 bits per heavy atom. The van der Waals surface area contributed by atoms with Crippen LogP contribution in [0.4, 0.5) is 0 Å². The van der Waals surface area contributed by atoms with Crippen molar-refractivity contribution in [1.82, 2.24) is 16.0 Å². The van der Waals surface area contributed by atoms with E-state index in [-0.39, 0.29) is 35.8 Å². The minimum Gasteiger partial charge on any atom is -0.493 e. The van der Waals surface area contributed by atoms with E-state index in [2.05, 4.69) is 27.0 Å². The molecule has 144 valence electrons. The zero-order valence-corrected chi connectivity index (χ0v) is 17.6. The lowest BCUT2D eigenvalue weighted by atomic mass is 10.2.